The van der Waals surface area contributed by atoms with Crippen molar-refractivity contribution in [1.82, 2.24) is 0 Å². The van der Waals surface area contributed by atoms with E-state index in [4.69, 9.17) is 0 Å². The van der Waals surface area contributed by atoms with Gasteiger partial charge in [0, 0.05) is 11.7 Å². The summed E-state index contributed by atoms with van der Waals surface area (Å²) >= 11 is 0. The van der Waals surface area contributed by atoms with Crippen molar-refractivity contribution in [3.05, 3.63) is 29.6 Å². The number of rotatable bonds is 2. The molecule has 94 valence electrons. The van der Waals surface area contributed by atoms with Gasteiger partial charge in [-0.3, -0.25) is 0 Å². The van der Waals surface area contributed by atoms with E-state index < -0.39 is 0 Å². The molecule has 0 spiro atoms. The smallest absolute Gasteiger partial charge is 0.128 e. The highest BCUT2D eigenvalue weighted by molar-refractivity contribution is 5.46. The Bertz CT molecular complexity index is 398. The zero-order valence-electron chi connectivity index (χ0n) is 11.0. The molecule has 17 heavy (non-hydrogen) atoms. The average Bonchev–Trinajstić information content (AvgIpc) is 2.26. The van der Waals surface area contributed by atoms with Gasteiger partial charge in [-0.2, -0.15) is 0 Å². The molecule has 1 aromatic rings. The number of anilines is 1. The molecule has 1 aliphatic carbocycles. The van der Waals surface area contributed by atoms with Gasteiger partial charge in [0.15, 0.2) is 0 Å². The number of aryl methyl sites for hydroxylation is 1. The summed E-state index contributed by atoms with van der Waals surface area (Å²) in [6.45, 7) is 6.40. The van der Waals surface area contributed by atoms with Crippen LogP contribution in [0.4, 0.5) is 10.1 Å². The van der Waals surface area contributed by atoms with Crippen LogP contribution < -0.4 is 5.32 Å². The predicted octanol–water partition coefficient (Wildman–Crippen LogP) is 4.51. The first-order valence-corrected chi connectivity index (χ1v) is 6.52. The highest BCUT2D eigenvalue weighted by Gasteiger charge is 2.31. The molecule has 2 heteroatoms. The molecule has 0 heterocycles. The van der Waals surface area contributed by atoms with Crippen molar-refractivity contribution < 1.29 is 4.39 Å². The van der Waals surface area contributed by atoms with Crippen LogP contribution in [0.15, 0.2) is 18.2 Å². The predicted molar refractivity (Wildman–Crippen MR) is 70.8 cm³/mol. The van der Waals surface area contributed by atoms with E-state index in [0.717, 1.165) is 5.69 Å². The summed E-state index contributed by atoms with van der Waals surface area (Å²) in [5, 5.41) is 3.50. The molecule has 1 fully saturated rings. The lowest BCUT2D eigenvalue weighted by molar-refractivity contribution is 0.217. The fourth-order valence-electron chi connectivity index (χ4n) is 2.65. The Morgan fingerprint density at radius 1 is 1.29 bits per heavy atom. The third-order valence-electron chi connectivity index (χ3n) is 4.02. The second kappa shape index (κ2) is 4.67. The van der Waals surface area contributed by atoms with Gasteiger partial charge < -0.3 is 5.32 Å². The monoisotopic (exact) mass is 235 g/mol. The Balaban J connectivity index is 2.11. The van der Waals surface area contributed by atoms with Crippen molar-refractivity contribution >= 4 is 5.69 Å². The molecule has 0 aliphatic heterocycles. The highest BCUT2D eigenvalue weighted by Crippen LogP contribution is 2.37. The number of nitrogens with one attached hydrogen (secondary N) is 1. The Hall–Kier alpha value is -1.05. The third kappa shape index (κ3) is 2.80. The van der Waals surface area contributed by atoms with Gasteiger partial charge in [-0.05, 0) is 42.9 Å². The maximum Gasteiger partial charge on any atom is 0.128 e. The highest BCUT2D eigenvalue weighted by atomic mass is 19.1. The Morgan fingerprint density at radius 3 is 2.71 bits per heavy atom. The van der Waals surface area contributed by atoms with Crippen LogP contribution in [0, 0.1) is 18.2 Å². The molecule has 1 aliphatic rings. The second-order valence-electron chi connectivity index (χ2n) is 5.90. The minimum Gasteiger partial charge on any atom is -0.382 e. The quantitative estimate of drug-likeness (QED) is 0.795. The minimum atomic E-state index is -0.122. The van der Waals surface area contributed by atoms with E-state index in [1.807, 2.05) is 12.1 Å². The molecule has 0 aromatic heterocycles. The van der Waals surface area contributed by atoms with Crippen molar-refractivity contribution in [3.8, 4) is 0 Å². The summed E-state index contributed by atoms with van der Waals surface area (Å²) in [5.74, 6) is -0.122. The average molecular weight is 235 g/mol. The molecule has 1 unspecified atom stereocenters. The Morgan fingerprint density at radius 2 is 2.06 bits per heavy atom. The lowest BCUT2D eigenvalue weighted by atomic mass is 9.73. The molecular weight excluding hydrogens is 213 g/mol. The van der Waals surface area contributed by atoms with Crippen molar-refractivity contribution in [3.63, 3.8) is 0 Å². The molecule has 0 amide bonds. The molecule has 1 nitrogen and oxygen atoms in total. The summed E-state index contributed by atoms with van der Waals surface area (Å²) in [4.78, 5) is 0. The molecular formula is C15H22FN. The minimum absolute atomic E-state index is 0.122. The maximum absolute atomic E-state index is 13.5. The van der Waals surface area contributed by atoms with Crippen LogP contribution in [0.1, 0.15) is 45.1 Å². The zero-order valence-corrected chi connectivity index (χ0v) is 11.0. The van der Waals surface area contributed by atoms with Crippen molar-refractivity contribution in [2.45, 2.75) is 52.5 Å². The first kappa shape index (κ1) is 12.4. The van der Waals surface area contributed by atoms with E-state index in [1.165, 1.54) is 25.7 Å². The fraction of sp³-hybridized carbons (Fsp3) is 0.600. The summed E-state index contributed by atoms with van der Waals surface area (Å²) in [6, 6.07) is 5.88. The molecule has 1 aromatic carbocycles. The topological polar surface area (TPSA) is 12.0 Å². The Labute approximate surface area is 103 Å². The van der Waals surface area contributed by atoms with Gasteiger partial charge >= 0.3 is 0 Å². The van der Waals surface area contributed by atoms with Gasteiger partial charge in [0.25, 0.3) is 0 Å². The number of halogens is 1. The third-order valence-corrected chi connectivity index (χ3v) is 4.02. The van der Waals surface area contributed by atoms with Crippen LogP contribution >= 0.6 is 0 Å². The molecule has 0 saturated heterocycles. The van der Waals surface area contributed by atoms with Crippen LogP contribution in [-0.4, -0.2) is 6.04 Å². The maximum atomic E-state index is 13.5. The standard InChI is InChI=1S/C15H22FN/c1-11-7-8-12(10-13(11)16)17-14-6-4-5-9-15(14,2)3/h7-8,10,14,17H,4-6,9H2,1-3H3. The van der Waals surface area contributed by atoms with Gasteiger partial charge in [0.05, 0.1) is 0 Å². The summed E-state index contributed by atoms with van der Waals surface area (Å²) in [5.41, 5.74) is 1.92. The first-order chi connectivity index (χ1) is 7.99. The zero-order chi connectivity index (χ0) is 12.5. The largest absolute Gasteiger partial charge is 0.382 e. The van der Waals surface area contributed by atoms with Gasteiger partial charge in [-0.1, -0.05) is 32.8 Å². The van der Waals surface area contributed by atoms with E-state index in [-0.39, 0.29) is 5.82 Å². The van der Waals surface area contributed by atoms with E-state index >= 15 is 0 Å². The molecule has 1 N–H and O–H groups in total. The summed E-state index contributed by atoms with van der Waals surface area (Å²) < 4.78 is 13.5. The number of benzene rings is 1. The van der Waals surface area contributed by atoms with Gasteiger partial charge in [0.2, 0.25) is 0 Å². The molecule has 1 saturated carbocycles. The molecule has 0 bridgehead atoms. The number of hydrogen-bond acceptors (Lipinski definition) is 1. The van der Waals surface area contributed by atoms with Crippen LogP contribution in [0.5, 0.6) is 0 Å². The molecule has 0 radical (unpaired) electrons. The van der Waals surface area contributed by atoms with Crippen molar-refractivity contribution in [1.29, 1.82) is 0 Å². The first-order valence-electron chi connectivity index (χ1n) is 6.52. The summed E-state index contributed by atoms with van der Waals surface area (Å²) in [6.07, 6.45) is 5.02. The van der Waals surface area contributed by atoms with E-state index in [2.05, 4.69) is 19.2 Å². The van der Waals surface area contributed by atoms with Crippen LogP contribution in [-0.2, 0) is 0 Å². The molecule has 2 rings (SSSR count). The van der Waals surface area contributed by atoms with Gasteiger partial charge in [-0.25, -0.2) is 4.39 Å². The van der Waals surface area contributed by atoms with E-state index in [1.54, 1.807) is 13.0 Å². The SMILES string of the molecule is Cc1ccc(NC2CCCCC2(C)C)cc1F. The second-order valence-corrected chi connectivity index (χ2v) is 5.90. The lowest BCUT2D eigenvalue weighted by Gasteiger charge is -2.39. The van der Waals surface area contributed by atoms with Crippen LogP contribution in [0.25, 0.3) is 0 Å². The van der Waals surface area contributed by atoms with Gasteiger partial charge in [-0.15, -0.1) is 0 Å². The van der Waals surface area contributed by atoms with Crippen LogP contribution in [0.3, 0.4) is 0 Å². The fourth-order valence-corrected chi connectivity index (χ4v) is 2.65. The van der Waals surface area contributed by atoms with Gasteiger partial charge in [0.1, 0.15) is 5.82 Å². The van der Waals surface area contributed by atoms with Crippen LogP contribution in [0.2, 0.25) is 0 Å². The number of hydrogen-bond donors (Lipinski definition) is 1. The Kier molecular flexibility index (Phi) is 3.41. The van der Waals surface area contributed by atoms with Crippen molar-refractivity contribution in [2.24, 2.45) is 5.41 Å². The molecule has 1 atom stereocenters. The lowest BCUT2D eigenvalue weighted by Crippen LogP contribution is -2.38. The normalized spacial score (nSPS) is 23.4. The van der Waals surface area contributed by atoms with E-state index in [9.17, 15) is 4.39 Å². The summed E-state index contributed by atoms with van der Waals surface area (Å²) in [7, 11) is 0. The van der Waals surface area contributed by atoms with Crippen molar-refractivity contribution in [2.75, 3.05) is 5.32 Å². The van der Waals surface area contributed by atoms with E-state index in [0.29, 0.717) is 17.0 Å².